The van der Waals surface area contributed by atoms with Crippen LogP contribution in [0.4, 0.5) is 0 Å². The molecular weight excluding hydrogens is 278 g/mol. The number of carbonyl (C=O) groups is 2. The van der Waals surface area contributed by atoms with Gasteiger partial charge in [-0.2, -0.15) is 0 Å². The zero-order valence-corrected chi connectivity index (χ0v) is 13.8. The van der Waals surface area contributed by atoms with Crippen LogP contribution < -0.4 is 10.6 Å². The summed E-state index contributed by atoms with van der Waals surface area (Å²) in [5.41, 5.74) is 0. The van der Waals surface area contributed by atoms with Gasteiger partial charge in [-0.3, -0.25) is 9.59 Å². The normalized spacial score (nSPS) is 16.8. The van der Waals surface area contributed by atoms with Gasteiger partial charge in [-0.05, 0) is 11.8 Å². The molecule has 1 fully saturated rings. The number of nitrogens with zero attached hydrogens (tertiary/aromatic N) is 1. The van der Waals surface area contributed by atoms with Gasteiger partial charge in [-0.25, -0.2) is 0 Å². The van der Waals surface area contributed by atoms with Crippen LogP contribution in [0.1, 0.15) is 34.1 Å². The van der Waals surface area contributed by atoms with Gasteiger partial charge >= 0.3 is 0 Å². The highest BCUT2D eigenvalue weighted by Crippen LogP contribution is 2.09. The van der Waals surface area contributed by atoms with Crippen LogP contribution in [0.2, 0.25) is 0 Å². The molecule has 2 N–H and O–H groups in total. The molecule has 0 aromatic rings. The largest absolute Gasteiger partial charge is 0.344 e. The summed E-state index contributed by atoms with van der Waals surface area (Å²) in [7, 11) is 0. The topological polar surface area (TPSA) is 61.4 Å². The van der Waals surface area contributed by atoms with Crippen LogP contribution >= 0.6 is 12.4 Å². The molecule has 0 spiro atoms. The summed E-state index contributed by atoms with van der Waals surface area (Å²) < 4.78 is 0. The van der Waals surface area contributed by atoms with E-state index in [1.807, 2.05) is 32.6 Å². The van der Waals surface area contributed by atoms with Crippen LogP contribution in [0.3, 0.4) is 0 Å². The summed E-state index contributed by atoms with van der Waals surface area (Å²) in [6, 6.07) is -0.399. The van der Waals surface area contributed by atoms with E-state index in [1.54, 1.807) is 0 Å². The van der Waals surface area contributed by atoms with Crippen LogP contribution in [-0.2, 0) is 9.59 Å². The quantitative estimate of drug-likeness (QED) is 0.797. The van der Waals surface area contributed by atoms with E-state index in [0.717, 1.165) is 26.2 Å². The lowest BCUT2D eigenvalue weighted by Crippen LogP contribution is -2.55. The van der Waals surface area contributed by atoms with Gasteiger partial charge in [-0.15, -0.1) is 12.4 Å². The van der Waals surface area contributed by atoms with E-state index in [9.17, 15) is 9.59 Å². The number of hydrogen-bond donors (Lipinski definition) is 2. The summed E-state index contributed by atoms with van der Waals surface area (Å²) in [5.74, 6) is 0.436. The Bertz CT molecular complexity index is 316. The van der Waals surface area contributed by atoms with Crippen LogP contribution in [0.5, 0.6) is 0 Å². The molecule has 0 aromatic heterocycles. The maximum atomic E-state index is 12.4. The SMILES string of the molecule is CC(C)CC(=O)NC(C(=O)N1CCNCC1)C(C)C.Cl. The lowest BCUT2D eigenvalue weighted by molar-refractivity contribution is -0.138. The lowest BCUT2D eigenvalue weighted by Gasteiger charge is -2.32. The number of rotatable bonds is 5. The lowest BCUT2D eigenvalue weighted by atomic mass is 10.0. The van der Waals surface area contributed by atoms with Crippen LogP contribution in [0.15, 0.2) is 0 Å². The van der Waals surface area contributed by atoms with Gasteiger partial charge in [0.15, 0.2) is 0 Å². The summed E-state index contributed by atoms with van der Waals surface area (Å²) in [4.78, 5) is 26.1. The molecule has 1 saturated heterocycles. The number of piperazine rings is 1. The van der Waals surface area contributed by atoms with Crippen molar-refractivity contribution in [3.8, 4) is 0 Å². The average Bonchev–Trinajstić information content (AvgIpc) is 2.35. The molecule has 1 atom stereocenters. The smallest absolute Gasteiger partial charge is 0.245 e. The van der Waals surface area contributed by atoms with Crippen LogP contribution in [0, 0.1) is 11.8 Å². The van der Waals surface area contributed by atoms with Crippen molar-refractivity contribution >= 4 is 24.2 Å². The van der Waals surface area contributed by atoms with Gasteiger partial charge < -0.3 is 15.5 Å². The first-order valence-electron chi connectivity index (χ1n) is 7.20. The van der Waals surface area contributed by atoms with Gasteiger partial charge in [0.2, 0.25) is 11.8 Å². The Kier molecular flexibility index (Phi) is 8.81. The molecule has 1 aliphatic heterocycles. The van der Waals surface area contributed by atoms with E-state index in [0.29, 0.717) is 12.3 Å². The second kappa shape index (κ2) is 9.19. The third-order valence-electron chi connectivity index (χ3n) is 3.27. The molecule has 2 amide bonds. The number of amides is 2. The van der Waals surface area contributed by atoms with Crippen molar-refractivity contribution in [1.29, 1.82) is 0 Å². The number of halogens is 1. The Morgan fingerprint density at radius 2 is 1.70 bits per heavy atom. The zero-order valence-electron chi connectivity index (χ0n) is 12.9. The molecule has 1 heterocycles. The highest BCUT2D eigenvalue weighted by molar-refractivity contribution is 5.88. The van der Waals surface area contributed by atoms with Gasteiger partial charge in [0.1, 0.15) is 6.04 Å². The van der Waals surface area contributed by atoms with Crippen molar-refractivity contribution in [2.75, 3.05) is 26.2 Å². The monoisotopic (exact) mass is 305 g/mol. The van der Waals surface area contributed by atoms with Crippen molar-refractivity contribution < 1.29 is 9.59 Å². The fourth-order valence-electron chi connectivity index (χ4n) is 2.20. The molecule has 118 valence electrons. The highest BCUT2D eigenvalue weighted by Gasteiger charge is 2.29. The standard InChI is InChI=1S/C14H27N3O2.ClH/c1-10(2)9-12(18)16-13(11(3)4)14(19)17-7-5-15-6-8-17;/h10-11,13,15H,5-9H2,1-4H3,(H,16,18);1H. The van der Waals surface area contributed by atoms with E-state index >= 15 is 0 Å². The molecule has 0 saturated carbocycles. The van der Waals surface area contributed by atoms with E-state index in [4.69, 9.17) is 0 Å². The molecule has 0 bridgehead atoms. The Balaban J connectivity index is 0.00000361. The predicted octanol–water partition coefficient (Wildman–Crippen LogP) is 1.03. The van der Waals surface area contributed by atoms with Crippen molar-refractivity contribution in [3.05, 3.63) is 0 Å². The van der Waals surface area contributed by atoms with E-state index in [1.165, 1.54) is 0 Å². The predicted molar refractivity (Wildman–Crippen MR) is 82.9 cm³/mol. The van der Waals surface area contributed by atoms with Crippen molar-refractivity contribution in [3.63, 3.8) is 0 Å². The van der Waals surface area contributed by atoms with E-state index in [-0.39, 0.29) is 30.1 Å². The van der Waals surface area contributed by atoms with Gasteiger partial charge in [-0.1, -0.05) is 27.7 Å². The summed E-state index contributed by atoms with van der Waals surface area (Å²) in [6.07, 6.45) is 0.470. The zero-order chi connectivity index (χ0) is 14.4. The first-order valence-corrected chi connectivity index (χ1v) is 7.20. The Morgan fingerprint density at radius 1 is 1.15 bits per heavy atom. The summed E-state index contributed by atoms with van der Waals surface area (Å²) >= 11 is 0. The summed E-state index contributed by atoms with van der Waals surface area (Å²) in [6.45, 7) is 11.1. The fourth-order valence-corrected chi connectivity index (χ4v) is 2.20. The summed E-state index contributed by atoms with van der Waals surface area (Å²) in [5, 5.41) is 6.12. The third-order valence-corrected chi connectivity index (χ3v) is 3.27. The molecular formula is C14H28ClN3O2. The number of hydrogen-bond acceptors (Lipinski definition) is 3. The van der Waals surface area contributed by atoms with E-state index in [2.05, 4.69) is 10.6 Å². The average molecular weight is 306 g/mol. The molecule has 1 rings (SSSR count). The van der Waals surface area contributed by atoms with Crippen LogP contribution in [-0.4, -0.2) is 48.9 Å². The maximum Gasteiger partial charge on any atom is 0.245 e. The number of carbonyl (C=O) groups excluding carboxylic acids is 2. The minimum absolute atomic E-state index is 0. The highest BCUT2D eigenvalue weighted by atomic mass is 35.5. The molecule has 6 heteroatoms. The second-order valence-electron chi connectivity index (χ2n) is 5.96. The molecule has 0 aliphatic carbocycles. The first kappa shape index (κ1) is 19.2. The first-order chi connectivity index (χ1) is 8.91. The third kappa shape index (κ3) is 6.09. The Labute approximate surface area is 128 Å². The van der Waals surface area contributed by atoms with Gasteiger partial charge in [0, 0.05) is 32.6 Å². The second-order valence-corrected chi connectivity index (χ2v) is 5.96. The number of nitrogens with one attached hydrogen (secondary N) is 2. The minimum Gasteiger partial charge on any atom is -0.344 e. The van der Waals surface area contributed by atoms with E-state index < -0.39 is 6.04 Å². The van der Waals surface area contributed by atoms with Gasteiger partial charge in [0.05, 0.1) is 0 Å². The van der Waals surface area contributed by atoms with Crippen molar-refractivity contribution in [1.82, 2.24) is 15.5 Å². The molecule has 1 aliphatic rings. The van der Waals surface area contributed by atoms with Crippen LogP contribution in [0.25, 0.3) is 0 Å². The molecule has 0 radical (unpaired) electrons. The van der Waals surface area contributed by atoms with Crippen molar-refractivity contribution in [2.45, 2.75) is 40.2 Å². The molecule has 1 unspecified atom stereocenters. The molecule has 0 aromatic carbocycles. The molecule has 5 nitrogen and oxygen atoms in total. The van der Waals surface area contributed by atoms with Gasteiger partial charge in [0.25, 0.3) is 0 Å². The minimum atomic E-state index is -0.399. The Morgan fingerprint density at radius 3 is 2.15 bits per heavy atom. The Hall–Kier alpha value is -0.810. The molecule has 20 heavy (non-hydrogen) atoms. The fraction of sp³-hybridized carbons (Fsp3) is 0.857. The van der Waals surface area contributed by atoms with Crippen molar-refractivity contribution in [2.24, 2.45) is 11.8 Å². The maximum absolute atomic E-state index is 12.4.